The number of halogens is 1. The molecule has 2 aromatic rings. The predicted molar refractivity (Wildman–Crippen MR) is 106 cm³/mol. The second-order valence-electron chi connectivity index (χ2n) is 6.75. The molecule has 1 heterocycles. The van der Waals surface area contributed by atoms with E-state index in [0.29, 0.717) is 24.7 Å². The van der Waals surface area contributed by atoms with E-state index < -0.39 is 11.8 Å². The van der Waals surface area contributed by atoms with E-state index >= 15 is 0 Å². The Bertz CT molecular complexity index is 900. The summed E-state index contributed by atoms with van der Waals surface area (Å²) in [6.45, 7) is 3.22. The van der Waals surface area contributed by atoms with Gasteiger partial charge in [-0.3, -0.25) is 14.4 Å². The summed E-state index contributed by atoms with van der Waals surface area (Å²) in [5, 5.41) is 3.31. The van der Waals surface area contributed by atoms with Crippen molar-refractivity contribution in [3.05, 3.63) is 70.2 Å². The molecule has 6 nitrogen and oxygen atoms in total. The van der Waals surface area contributed by atoms with Crippen LogP contribution < -0.4 is 5.32 Å². The molecule has 1 aliphatic rings. The normalized spacial score (nSPS) is 14.4. The van der Waals surface area contributed by atoms with Crippen LogP contribution in [0.3, 0.4) is 0 Å². The average Bonchev–Trinajstić information content (AvgIpc) is 2.68. The van der Waals surface area contributed by atoms with Crippen LogP contribution in [0.4, 0.5) is 0 Å². The van der Waals surface area contributed by atoms with Gasteiger partial charge in [0, 0.05) is 31.2 Å². The largest absolute Gasteiger partial charge is 0.350 e. The van der Waals surface area contributed by atoms with E-state index in [2.05, 4.69) is 5.32 Å². The summed E-state index contributed by atoms with van der Waals surface area (Å²) >= 11 is 6.07. The highest BCUT2D eigenvalue weighted by Crippen LogP contribution is 2.15. The zero-order valence-electron chi connectivity index (χ0n) is 15.7. The molecule has 146 valence electrons. The molecule has 7 heteroatoms. The Balaban J connectivity index is 1.53. The van der Waals surface area contributed by atoms with E-state index in [1.165, 1.54) is 9.80 Å². The van der Waals surface area contributed by atoms with Crippen LogP contribution in [-0.2, 0) is 27.5 Å². The van der Waals surface area contributed by atoms with Crippen molar-refractivity contribution in [1.82, 2.24) is 15.1 Å². The number of carbonyl (C=O) groups excluding carboxylic acids is 3. The molecule has 1 aliphatic heterocycles. The Morgan fingerprint density at radius 3 is 2.29 bits per heavy atom. The van der Waals surface area contributed by atoms with Crippen LogP contribution in [0.2, 0.25) is 5.02 Å². The quantitative estimate of drug-likeness (QED) is 0.756. The first kappa shape index (κ1) is 19.9. The Labute approximate surface area is 169 Å². The van der Waals surface area contributed by atoms with Crippen LogP contribution in [0.5, 0.6) is 0 Å². The highest BCUT2D eigenvalue weighted by molar-refractivity contribution is 6.35. The van der Waals surface area contributed by atoms with Crippen molar-refractivity contribution < 1.29 is 14.4 Å². The molecule has 0 aliphatic carbocycles. The van der Waals surface area contributed by atoms with E-state index in [1.807, 2.05) is 49.4 Å². The number of aryl methyl sites for hydroxylation is 1. The molecule has 0 radical (unpaired) electrons. The number of amides is 3. The summed E-state index contributed by atoms with van der Waals surface area (Å²) in [6.07, 6.45) is 0. The van der Waals surface area contributed by atoms with Gasteiger partial charge in [0.25, 0.3) is 0 Å². The van der Waals surface area contributed by atoms with Gasteiger partial charge in [-0.15, -0.1) is 0 Å². The first-order chi connectivity index (χ1) is 13.5. The van der Waals surface area contributed by atoms with Crippen molar-refractivity contribution in [3.63, 3.8) is 0 Å². The van der Waals surface area contributed by atoms with Gasteiger partial charge < -0.3 is 15.1 Å². The van der Waals surface area contributed by atoms with Crippen LogP contribution in [0.15, 0.2) is 48.5 Å². The van der Waals surface area contributed by atoms with Crippen molar-refractivity contribution in [1.29, 1.82) is 0 Å². The summed E-state index contributed by atoms with van der Waals surface area (Å²) in [6, 6.07) is 15.0. The van der Waals surface area contributed by atoms with Gasteiger partial charge in [0.2, 0.25) is 5.91 Å². The molecule has 2 aromatic carbocycles. The smallest absolute Gasteiger partial charge is 0.312 e. The number of benzene rings is 2. The number of carbonyl (C=O) groups is 3. The third-order valence-corrected chi connectivity index (χ3v) is 5.16. The topological polar surface area (TPSA) is 69.7 Å². The Morgan fingerprint density at radius 2 is 1.57 bits per heavy atom. The van der Waals surface area contributed by atoms with Gasteiger partial charge in [-0.1, -0.05) is 54.1 Å². The fraction of sp³-hybridized carbons (Fsp3) is 0.286. The maximum atomic E-state index is 12.4. The maximum absolute atomic E-state index is 12.4. The summed E-state index contributed by atoms with van der Waals surface area (Å²) in [5.74, 6) is -1.55. The number of nitrogens with one attached hydrogen (secondary N) is 1. The lowest BCUT2D eigenvalue weighted by atomic mass is 10.1. The van der Waals surface area contributed by atoms with Crippen LogP contribution in [0, 0.1) is 6.92 Å². The van der Waals surface area contributed by atoms with Crippen molar-refractivity contribution >= 4 is 29.3 Å². The lowest BCUT2D eigenvalue weighted by Gasteiger charge is -2.33. The zero-order valence-corrected chi connectivity index (χ0v) is 16.4. The van der Waals surface area contributed by atoms with Crippen molar-refractivity contribution in [3.8, 4) is 0 Å². The molecule has 0 atom stereocenters. The van der Waals surface area contributed by atoms with Crippen LogP contribution in [0.25, 0.3) is 0 Å². The highest BCUT2D eigenvalue weighted by atomic mass is 35.5. The third-order valence-electron chi connectivity index (χ3n) is 4.79. The molecule has 1 N–H and O–H groups in total. The molecular formula is C21H22ClN3O3. The SMILES string of the molecule is Cc1ccccc1CN1CCN(CC(=O)NCc2ccccc2Cl)C(=O)C1=O. The number of piperazine rings is 1. The molecule has 0 unspecified atom stereocenters. The van der Waals surface area contributed by atoms with Crippen molar-refractivity contribution in [2.75, 3.05) is 19.6 Å². The van der Waals surface area contributed by atoms with E-state index in [4.69, 9.17) is 11.6 Å². The van der Waals surface area contributed by atoms with Gasteiger partial charge in [-0.2, -0.15) is 0 Å². The second kappa shape index (κ2) is 8.89. The van der Waals surface area contributed by atoms with Gasteiger partial charge >= 0.3 is 11.8 Å². The monoisotopic (exact) mass is 399 g/mol. The summed E-state index contributed by atoms with van der Waals surface area (Å²) in [7, 11) is 0. The number of nitrogens with zero attached hydrogens (tertiary/aromatic N) is 2. The van der Waals surface area contributed by atoms with E-state index in [9.17, 15) is 14.4 Å². The van der Waals surface area contributed by atoms with Crippen molar-refractivity contribution in [2.45, 2.75) is 20.0 Å². The highest BCUT2D eigenvalue weighted by Gasteiger charge is 2.33. The molecule has 0 aromatic heterocycles. The molecule has 1 saturated heterocycles. The van der Waals surface area contributed by atoms with Gasteiger partial charge in [0.15, 0.2) is 0 Å². The molecule has 3 amide bonds. The lowest BCUT2D eigenvalue weighted by Crippen LogP contribution is -2.55. The number of hydrogen-bond acceptors (Lipinski definition) is 3. The maximum Gasteiger partial charge on any atom is 0.312 e. The Kier molecular flexibility index (Phi) is 6.31. The molecule has 3 rings (SSSR count). The first-order valence-corrected chi connectivity index (χ1v) is 9.46. The Hall–Kier alpha value is -2.86. The summed E-state index contributed by atoms with van der Waals surface area (Å²) in [4.78, 5) is 39.9. The van der Waals surface area contributed by atoms with E-state index in [-0.39, 0.29) is 19.0 Å². The average molecular weight is 400 g/mol. The molecule has 0 saturated carbocycles. The lowest BCUT2D eigenvalue weighted by molar-refractivity contribution is -0.157. The van der Waals surface area contributed by atoms with Crippen LogP contribution >= 0.6 is 11.6 Å². The molecule has 1 fully saturated rings. The van der Waals surface area contributed by atoms with Gasteiger partial charge in [-0.25, -0.2) is 0 Å². The number of rotatable bonds is 6. The van der Waals surface area contributed by atoms with Gasteiger partial charge in [0.1, 0.15) is 6.54 Å². The minimum Gasteiger partial charge on any atom is -0.350 e. The molecule has 0 bridgehead atoms. The fourth-order valence-corrected chi connectivity index (χ4v) is 3.28. The van der Waals surface area contributed by atoms with Crippen LogP contribution in [-0.4, -0.2) is 47.2 Å². The summed E-state index contributed by atoms with van der Waals surface area (Å²) in [5.41, 5.74) is 2.88. The minimum atomic E-state index is -0.646. The molecule has 28 heavy (non-hydrogen) atoms. The molecular weight excluding hydrogens is 378 g/mol. The van der Waals surface area contributed by atoms with Crippen LogP contribution in [0.1, 0.15) is 16.7 Å². The summed E-state index contributed by atoms with van der Waals surface area (Å²) < 4.78 is 0. The Morgan fingerprint density at radius 1 is 0.964 bits per heavy atom. The zero-order chi connectivity index (χ0) is 20.1. The predicted octanol–water partition coefficient (Wildman–Crippen LogP) is 2.14. The minimum absolute atomic E-state index is 0.146. The number of hydrogen-bond donors (Lipinski definition) is 1. The first-order valence-electron chi connectivity index (χ1n) is 9.08. The van der Waals surface area contributed by atoms with E-state index in [0.717, 1.165) is 16.7 Å². The second-order valence-corrected chi connectivity index (χ2v) is 7.16. The van der Waals surface area contributed by atoms with Crippen molar-refractivity contribution in [2.24, 2.45) is 0 Å². The standard InChI is InChI=1S/C21H22ClN3O3/c1-15-6-2-3-8-17(15)13-24-10-11-25(21(28)20(24)27)14-19(26)23-12-16-7-4-5-9-18(16)22/h2-9H,10-14H2,1H3,(H,23,26). The molecule has 0 spiro atoms. The van der Waals surface area contributed by atoms with E-state index in [1.54, 1.807) is 6.07 Å². The van der Waals surface area contributed by atoms with Gasteiger partial charge in [-0.05, 0) is 29.7 Å². The fourth-order valence-electron chi connectivity index (χ4n) is 3.07. The van der Waals surface area contributed by atoms with Gasteiger partial charge in [0.05, 0.1) is 0 Å². The third kappa shape index (κ3) is 4.70.